The molecule has 1 fully saturated rings. The molecular weight excluding hydrogens is 394 g/mol. The number of rotatable bonds is 5. The SMILES string of the molecule is COc1ccc(NC(=O)c2cc(Cl)c3c(c2)OCCCO3)cc1OC1CCCC1. The van der Waals surface area contributed by atoms with E-state index in [4.69, 9.17) is 30.5 Å². The summed E-state index contributed by atoms with van der Waals surface area (Å²) in [6, 6.07) is 8.61. The van der Waals surface area contributed by atoms with Crippen molar-refractivity contribution < 1.29 is 23.7 Å². The van der Waals surface area contributed by atoms with E-state index < -0.39 is 0 Å². The van der Waals surface area contributed by atoms with Gasteiger partial charge in [-0.3, -0.25) is 4.79 Å². The highest BCUT2D eigenvalue weighted by Gasteiger charge is 2.21. The Labute approximate surface area is 175 Å². The first kappa shape index (κ1) is 19.7. The molecule has 1 aliphatic heterocycles. The molecule has 6 nitrogen and oxygen atoms in total. The normalized spacial score (nSPS) is 16.2. The Morgan fingerprint density at radius 3 is 2.66 bits per heavy atom. The van der Waals surface area contributed by atoms with Crippen LogP contribution in [0.25, 0.3) is 0 Å². The summed E-state index contributed by atoms with van der Waals surface area (Å²) < 4.78 is 22.8. The second-order valence-corrected chi connectivity index (χ2v) is 7.59. The van der Waals surface area contributed by atoms with E-state index in [0.717, 1.165) is 19.3 Å². The number of amides is 1. The number of hydrogen-bond donors (Lipinski definition) is 1. The number of hydrogen-bond acceptors (Lipinski definition) is 5. The van der Waals surface area contributed by atoms with Gasteiger partial charge in [-0.2, -0.15) is 0 Å². The fraction of sp³-hybridized carbons (Fsp3) is 0.409. The summed E-state index contributed by atoms with van der Waals surface area (Å²) in [4.78, 5) is 12.8. The van der Waals surface area contributed by atoms with Gasteiger partial charge in [-0.05, 0) is 49.9 Å². The van der Waals surface area contributed by atoms with Crippen LogP contribution in [0.1, 0.15) is 42.5 Å². The Kier molecular flexibility index (Phi) is 6.00. The maximum atomic E-state index is 12.8. The zero-order valence-corrected chi connectivity index (χ0v) is 17.1. The summed E-state index contributed by atoms with van der Waals surface area (Å²) in [6.07, 6.45) is 5.38. The van der Waals surface area contributed by atoms with Gasteiger partial charge in [0.05, 0.1) is 31.5 Å². The Morgan fingerprint density at radius 1 is 1.07 bits per heavy atom. The molecule has 4 rings (SSSR count). The summed E-state index contributed by atoms with van der Waals surface area (Å²) in [5.74, 6) is 1.96. The van der Waals surface area contributed by atoms with Crippen molar-refractivity contribution in [3.63, 3.8) is 0 Å². The average molecular weight is 418 g/mol. The number of halogens is 1. The molecule has 0 atom stereocenters. The monoisotopic (exact) mass is 417 g/mol. The summed E-state index contributed by atoms with van der Waals surface area (Å²) in [7, 11) is 1.61. The van der Waals surface area contributed by atoms with Crippen LogP contribution in [0.5, 0.6) is 23.0 Å². The van der Waals surface area contributed by atoms with Gasteiger partial charge in [0, 0.05) is 23.7 Å². The van der Waals surface area contributed by atoms with Gasteiger partial charge in [-0.15, -0.1) is 0 Å². The topological polar surface area (TPSA) is 66.0 Å². The average Bonchev–Trinajstić information content (AvgIpc) is 3.10. The zero-order valence-electron chi connectivity index (χ0n) is 16.3. The molecule has 7 heteroatoms. The number of nitrogens with one attached hydrogen (secondary N) is 1. The van der Waals surface area contributed by atoms with E-state index in [9.17, 15) is 4.79 Å². The van der Waals surface area contributed by atoms with Gasteiger partial charge >= 0.3 is 0 Å². The summed E-state index contributed by atoms with van der Waals surface area (Å²) >= 11 is 6.31. The van der Waals surface area contributed by atoms with Gasteiger partial charge in [-0.1, -0.05) is 11.6 Å². The summed E-state index contributed by atoms with van der Waals surface area (Å²) in [6.45, 7) is 1.06. The molecule has 0 saturated heterocycles. The molecular formula is C22H24ClNO5. The van der Waals surface area contributed by atoms with Crippen LogP contribution in [-0.4, -0.2) is 32.3 Å². The predicted octanol–water partition coefficient (Wildman–Crippen LogP) is 5.08. The van der Waals surface area contributed by atoms with Crippen molar-refractivity contribution in [3.05, 3.63) is 40.9 Å². The minimum Gasteiger partial charge on any atom is -0.493 e. The number of anilines is 1. The van der Waals surface area contributed by atoms with Gasteiger partial charge in [0.15, 0.2) is 23.0 Å². The number of carbonyl (C=O) groups is 1. The first-order valence-corrected chi connectivity index (χ1v) is 10.3. The lowest BCUT2D eigenvalue weighted by Gasteiger charge is -2.17. The quantitative estimate of drug-likeness (QED) is 0.734. The van der Waals surface area contributed by atoms with Crippen molar-refractivity contribution in [1.29, 1.82) is 0 Å². The van der Waals surface area contributed by atoms with Crippen molar-refractivity contribution in [1.82, 2.24) is 0 Å². The number of fused-ring (bicyclic) bond motifs is 1. The number of methoxy groups -OCH3 is 1. The third-order valence-corrected chi connectivity index (χ3v) is 5.36. The van der Waals surface area contributed by atoms with E-state index in [1.165, 1.54) is 12.8 Å². The highest BCUT2D eigenvalue weighted by atomic mass is 35.5. The van der Waals surface area contributed by atoms with Crippen molar-refractivity contribution >= 4 is 23.2 Å². The van der Waals surface area contributed by atoms with E-state index in [1.807, 2.05) is 0 Å². The van der Waals surface area contributed by atoms with Crippen molar-refractivity contribution in [2.75, 3.05) is 25.6 Å². The van der Waals surface area contributed by atoms with Gasteiger partial charge in [0.25, 0.3) is 5.91 Å². The Balaban J connectivity index is 1.53. The van der Waals surface area contributed by atoms with Crippen molar-refractivity contribution in [3.8, 4) is 23.0 Å². The molecule has 1 heterocycles. The number of benzene rings is 2. The molecule has 1 N–H and O–H groups in total. The highest BCUT2D eigenvalue weighted by molar-refractivity contribution is 6.32. The van der Waals surface area contributed by atoms with Crippen molar-refractivity contribution in [2.24, 2.45) is 0 Å². The molecule has 1 amide bonds. The summed E-state index contributed by atoms with van der Waals surface area (Å²) in [5, 5.41) is 3.25. The van der Waals surface area contributed by atoms with E-state index in [1.54, 1.807) is 37.4 Å². The molecule has 0 bridgehead atoms. The molecule has 1 aliphatic carbocycles. The minimum atomic E-state index is -0.292. The van der Waals surface area contributed by atoms with Crippen LogP contribution < -0.4 is 24.3 Å². The first-order chi connectivity index (χ1) is 14.1. The molecule has 0 radical (unpaired) electrons. The lowest BCUT2D eigenvalue weighted by Crippen LogP contribution is -2.14. The molecule has 0 unspecified atom stereocenters. The molecule has 1 saturated carbocycles. The standard InChI is InChI=1S/C22H24ClNO5/c1-26-18-8-7-15(13-19(18)29-16-5-2-3-6-16)24-22(25)14-11-17(23)21-20(12-14)27-9-4-10-28-21/h7-8,11-13,16H,2-6,9-10H2,1H3,(H,24,25). The Bertz CT molecular complexity index is 895. The van der Waals surface area contributed by atoms with Crippen LogP contribution >= 0.6 is 11.6 Å². The molecule has 0 spiro atoms. The van der Waals surface area contributed by atoms with Crippen LogP contribution in [0.3, 0.4) is 0 Å². The van der Waals surface area contributed by atoms with E-state index in [0.29, 0.717) is 52.5 Å². The molecule has 2 aromatic carbocycles. The maximum Gasteiger partial charge on any atom is 0.255 e. The lowest BCUT2D eigenvalue weighted by atomic mass is 10.1. The summed E-state index contributed by atoms with van der Waals surface area (Å²) in [5.41, 5.74) is 1.01. The highest BCUT2D eigenvalue weighted by Crippen LogP contribution is 2.38. The van der Waals surface area contributed by atoms with E-state index in [-0.39, 0.29) is 12.0 Å². The van der Waals surface area contributed by atoms with Gasteiger partial charge in [0.2, 0.25) is 0 Å². The second kappa shape index (κ2) is 8.82. The lowest BCUT2D eigenvalue weighted by molar-refractivity contribution is 0.102. The fourth-order valence-corrected chi connectivity index (χ4v) is 3.86. The number of ether oxygens (including phenoxy) is 4. The molecule has 0 aromatic heterocycles. The smallest absolute Gasteiger partial charge is 0.255 e. The maximum absolute atomic E-state index is 12.8. The van der Waals surface area contributed by atoms with Crippen LogP contribution in [0.2, 0.25) is 5.02 Å². The first-order valence-electron chi connectivity index (χ1n) is 9.89. The number of carbonyl (C=O) groups excluding carboxylic acids is 1. The Hall–Kier alpha value is -2.60. The molecule has 154 valence electrons. The predicted molar refractivity (Wildman–Crippen MR) is 111 cm³/mol. The minimum absolute atomic E-state index is 0.190. The van der Waals surface area contributed by atoms with Crippen LogP contribution in [0.15, 0.2) is 30.3 Å². The van der Waals surface area contributed by atoms with Gasteiger partial charge < -0.3 is 24.3 Å². The third kappa shape index (κ3) is 4.53. The Morgan fingerprint density at radius 2 is 1.86 bits per heavy atom. The fourth-order valence-electron chi connectivity index (χ4n) is 3.60. The van der Waals surface area contributed by atoms with Crippen molar-refractivity contribution in [2.45, 2.75) is 38.2 Å². The van der Waals surface area contributed by atoms with Crippen LogP contribution in [0.4, 0.5) is 5.69 Å². The third-order valence-electron chi connectivity index (χ3n) is 5.08. The van der Waals surface area contributed by atoms with Crippen LogP contribution in [-0.2, 0) is 0 Å². The zero-order chi connectivity index (χ0) is 20.2. The largest absolute Gasteiger partial charge is 0.493 e. The molecule has 2 aliphatic rings. The van der Waals surface area contributed by atoms with E-state index >= 15 is 0 Å². The van der Waals surface area contributed by atoms with E-state index in [2.05, 4.69) is 5.32 Å². The molecule has 2 aromatic rings. The molecule has 29 heavy (non-hydrogen) atoms. The van der Waals surface area contributed by atoms with Gasteiger partial charge in [-0.25, -0.2) is 0 Å². The van der Waals surface area contributed by atoms with Gasteiger partial charge in [0.1, 0.15) is 0 Å². The van der Waals surface area contributed by atoms with Crippen LogP contribution in [0, 0.1) is 0 Å². The second-order valence-electron chi connectivity index (χ2n) is 7.18.